The van der Waals surface area contributed by atoms with Crippen LogP contribution in [0, 0.1) is 24.0 Å². The molecule has 11 heteroatoms. The molecule has 0 aliphatic heterocycles. The van der Waals surface area contributed by atoms with E-state index in [2.05, 4.69) is 15.5 Å². The summed E-state index contributed by atoms with van der Waals surface area (Å²) in [5.74, 6) is -0.571. The molecular weight excluding hydrogens is 359 g/mol. The summed E-state index contributed by atoms with van der Waals surface area (Å²) in [6.45, 7) is 4.04. The summed E-state index contributed by atoms with van der Waals surface area (Å²) in [5.41, 5.74) is 1.13. The van der Waals surface area contributed by atoms with Crippen LogP contribution in [0.15, 0.2) is 6.07 Å². The molecule has 24 heavy (non-hydrogen) atoms. The number of amides is 1. The van der Waals surface area contributed by atoms with Crippen molar-refractivity contribution in [2.75, 3.05) is 6.54 Å². The normalized spacial score (nSPS) is 10.8. The number of nitrogens with zero attached hydrogens (tertiary/aromatic N) is 5. The summed E-state index contributed by atoms with van der Waals surface area (Å²) in [5, 5.41) is 22.5. The van der Waals surface area contributed by atoms with Crippen molar-refractivity contribution in [2.24, 2.45) is 0 Å². The fourth-order valence-electron chi connectivity index (χ4n) is 2.12. The largest absolute Gasteiger partial charge is 0.358 e. The van der Waals surface area contributed by atoms with Gasteiger partial charge in [-0.2, -0.15) is 5.10 Å². The molecule has 1 amide bonds. The Morgan fingerprint density at radius 3 is 2.62 bits per heavy atom. The van der Waals surface area contributed by atoms with Gasteiger partial charge >= 0.3 is 5.82 Å². The van der Waals surface area contributed by atoms with Crippen molar-refractivity contribution >= 4 is 34.9 Å². The Morgan fingerprint density at radius 2 is 2.04 bits per heavy atom. The first kappa shape index (κ1) is 18.2. The third-order valence-electron chi connectivity index (χ3n) is 3.23. The van der Waals surface area contributed by atoms with E-state index in [-0.39, 0.29) is 18.3 Å². The highest BCUT2D eigenvalue weighted by molar-refractivity contribution is 6.41. The molecular formula is C13H16Cl2N6O3. The van der Waals surface area contributed by atoms with Crippen molar-refractivity contribution in [1.29, 1.82) is 0 Å². The lowest BCUT2D eigenvalue weighted by Crippen LogP contribution is -2.29. The van der Waals surface area contributed by atoms with Crippen molar-refractivity contribution in [2.45, 2.75) is 33.4 Å². The predicted molar refractivity (Wildman–Crippen MR) is 88.2 cm³/mol. The molecule has 0 fully saturated rings. The molecule has 0 aliphatic carbocycles. The van der Waals surface area contributed by atoms with Gasteiger partial charge in [0.25, 0.3) is 5.91 Å². The zero-order valence-electron chi connectivity index (χ0n) is 13.1. The Labute approximate surface area is 147 Å². The lowest BCUT2D eigenvalue weighted by molar-refractivity contribution is -0.392. The Bertz CT molecular complexity index is 770. The lowest BCUT2D eigenvalue weighted by atomic mass is 10.4. The standard InChI is InChI=1S/C13H16Cl2N6O3/c1-8-6-11(21(23)24)20(17-8)7-10(22)16-4-3-5-19-13(15)12(14)9(2)18-19/h6H,3-5,7H2,1-2H3,(H,16,22). The fourth-order valence-corrected chi connectivity index (χ4v) is 2.52. The minimum atomic E-state index is -0.570. The zero-order chi connectivity index (χ0) is 17.9. The molecule has 0 saturated carbocycles. The van der Waals surface area contributed by atoms with E-state index in [4.69, 9.17) is 23.2 Å². The van der Waals surface area contributed by atoms with Gasteiger partial charge < -0.3 is 15.4 Å². The van der Waals surface area contributed by atoms with Crippen LogP contribution in [0.25, 0.3) is 0 Å². The van der Waals surface area contributed by atoms with Gasteiger partial charge in [0.1, 0.15) is 10.2 Å². The summed E-state index contributed by atoms with van der Waals surface area (Å²) in [6, 6.07) is 1.32. The van der Waals surface area contributed by atoms with Gasteiger partial charge in [0.15, 0.2) is 6.54 Å². The van der Waals surface area contributed by atoms with Gasteiger partial charge in [-0.3, -0.25) is 9.48 Å². The first-order valence-corrected chi connectivity index (χ1v) is 7.89. The lowest BCUT2D eigenvalue weighted by Gasteiger charge is -2.05. The fraction of sp³-hybridized carbons (Fsp3) is 0.462. The van der Waals surface area contributed by atoms with E-state index < -0.39 is 4.92 Å². The van der Waals surface area contributed by atoms with Crippen LogP contribution in [0.1, 0.15) is 17.8 Å². The van der Waals surface area contributed by atoms with Crippen molar-refractivity contribution in [3.8, 4) is 0 Å². The maximum absolute atomic E-state index is 11.9. The van der Waals surface area contributed by atoms with Gasteiger partial charge in [-0.05, 0) is 25.2 Å². The monoisotopic (exact) mass is 374 g/mol. The molecule has 2 heterocycles. The summed E-state index contributed by atoms with van der Waals surface area (Å²) < 4.78 is 2.63. The highest BCUT2D eigenvalue weighted by Gasteiger charge is 2.19. The Hall–Kier alpha value is -2.13. The number of hydrogen-bond acceptors (Lipinski definition) is 5. The second kappa shape index (κ2) is 7.63. The predicted octanol–water partition coefficient (Wildman–Crippen LogP) is 2.12. The second-order valence-electron chi connectivity index (χ2n) is 5.18. The molecule has 2 aromatic heterocycles. The van der Waals surface area contributed by atoms with Gasteiger partial charge in [-0.15, -0.1) is 4.68 Å². The first-order chi connectivity index (χ1) is 11.3. The van der Waals surface area contributed by atoms with Gasteiger partial charge in [-0.1, -0.05) is 28.3 Å². The van der Waals surface area contributed by atoms with E-state index in [0.29, 0.717) is 41.1 Å². The SMILES string of the molecule is Cc1cc([N+](=O)[O-])n(CC(=O)NCCCn2nc(C)c(Cl)c2Cl)n1. The van der Waals surface area contributed by atoms with E-state index >= 15 is 0 Å². The number of aryl methyl sites for hydroxylation is 3. The van der Waals surface area contributed by atoms with E-state index in [1.54, 1.807) is 18.5 Å². The molecule has 1 N–H and O–H groups in total. The molecule has 9 nitrogen and oxygen atoms in total. The molecule has 0 bridgehead atoms. The minimum absolute atomic E-state index is 0.211. The molecule has 0 spiro atoms. The van der Waals surface area contributed by atoms with Gasteiger partial charge in [-0.25, -0.2) is 0 Å². The van der Waals surface area contributed by atoms with Crippen LogP contribution in [-0.4, -0.2) is 36.9 Å². The average molecular weight is 375 g/mol. The number of rotatable bonds is 7. The maximum Gasteiger partial charge on any atom is 0.345 e. The molecule has 0 aliphatic rings. The number of halogens is 2. The summed E-state index contributed by atoms with van der Waals surface area (Å²) in [6.07, 6.45) is 0.586. The summed E-state index contributed by atoms with van der Waals surface area (Å²) in [4.78, 5) is 22.2. The Balaban J connectivity index is 1.81. The first-order valence-electron chi connectivity index (χ1n) is 7.13. The van der Waals surface area contributed by atoms with E-state index in [9.17, 15) is 14.9 Å². The van der Waals surface area contributed by atoms with Crippen molar-refractivity contribution in [1.82, 2.24) is 24.9 Å². The molecule has 0 atom stereocenters. The molecule has 130 valence electrons. The zero-order valence-corrected chi connectivity index (χ0v) is 14.6. The minimum Gasteiger partial charge on any atom is -0.358 e. The van der Waals surface area contributed by atoms with Crippen LogP contribution < -0.4 is 5.32 Å². The molecule has 2 rings (SSSR count). The van der Waals surface area contributed by atoms with Crippen LogP contribution in [-0.2, 0) is 17.9 Å². The third kappa shape index (κ3) is 4.24. The van der Waals surface area contributed by atoms with E-state index in [1.807, 2.05) is 0 Å². The highest BCUT2D eigenvalue weighted by atomic mass is 35.5. The van der Waals surface area contributed by atoms with Crippen molar-refractivity contribution in [3.05, 3.63) is 37.7 Å². The molecule has 0 unspecified atom stereocenters. The maximum atomic E-state index is 11.9. The van der Waals surface area contributed by atoms with E-state index in [1.165, 1.54) is 6.07 Å². The highest BCUT2D eigenvalue weighted by Crippen LogP contribution is 2.24. The number of carbonyl (C=O) groups is 1. The average Bonchev–Trinajstić information content (AvgIpc) is 2.99. The number of carbonyl (C=O) groups excluding carboxylic acids is 1. The number of nitrogens with one attached hydrogen (secondary N) is 1. The molecule has 0 aromatic carbocycles. The Kier molecular flexibility index (Phi) is 5.79. The molecule has 0 radical (unpaired) electrons. The smallest absolute Gasteiger partial charge is 0.345 e. The quantitative estimate of drug-likeness (QED) is 0.453. The molecule has 2 aromatic rings. The van der Waals surface area contributed by atoms with Crippen molar-refractivity contribution in [3.63, 3.8) is 0 Å². The van der Waals surface area contributed by atoms with Crippen LogP contribution in [0.2, 0.25) is 10.2 Å². The van der Waals surface area contributed by atoms with Gasteiger partial charge in [0.2, 0.25) is 0 Å². The Morgan fingerprint density at radius 1 is 1.33 bits per heavy atom. The van der Waals surface area contributed by atoms with Crippen LogP contribution in [0.3, 0.4) is 0 Å². The molecule has 0 saturated heterocycles. The summed E-state index contributed by atoms with van der Waals surface area (Å²) >= 11 is 12.0. The number of hydrogen-bond donors (Lipinski definition) is 1. The van der Waals surface area contributed by atoms with Crippen LogP contribution in [0.5, 0.6) is 0 Å². The topological polar surface area (TPSA) is 108 Å². The van der Waals surface area contributed by atoms with Crippen LogP contribution in [0.4, 0.5) is 5.82 Å². The third-order valence-corrected chi connectivity index (χ3v) is 4.16. The number of aromatic nitrogens is 4. The summed E-state index contributed by atoms with van der Waals surface area (Å²) in [7, 11) is 0. The number of nitro groups is 1. The van der Waals surface area contributed by atoms with Crippen LogP contribution >= 0.6 is 23.2 Å². The van der Waals surface area contributed by atoms with Gasteiger partial charge in [0, 0.05) is 13.1 Å². The van der Waals surface area contributed by atoms with E-state index in [0.717, 1.165) is 4.68 Å². The second-order valence-corrected chi connectivity index (χ2v) is 5.91. The van der Waals surface area contributed by atoms with Gasteiger partial charge in [0.05, 0.1) is 17.5 Å². The van der Waals surface area contributed by atoms with Crippen molar-refractivity contribution < 1.29 is 9.72 Å².